The molecule has 1 saturated heterocycles. The predicted molar refractivity (Wildman–Crippen MR) is 59.1 cm³/mol. The largest absolute Gasteiger partial charge is 0.281 e. The number of carbonyl (C=O) groups excluding carboxylic acids is 2. The van der Waals surface area contributed by atoms with Crippen molar-refractivity contribution >= 4 is 11.8 Å². The minimum atomic E-state index is -0.555. The van der Waals surface area contributed by atoms with E-state index in [0.29, 0.717) is 5.92 Å². The van der Waals surface area contributed by atoms with Gasteiger partial charge in [-0.05, 0) is 12.3 Å². The number of rotatable bonds is 4. The van der Waals surface area contributed by atoms with E-state index in [-0.39, 0.29) is 31.2 Å². The van der Waals surface area contributed by atoms with Gasteiger partial charge in [0.25, 0.3) is 0 Å². The van der Waals surface area contributed by atoms with Crippen LogP contribution >= 0.6 is 0 Å². The molecule has 0 aliphatic carbocycles. The van der Waals surface area contributed by atoms with Crippen LogP contribution in [0.4, 0.5) is 0 Å². The molecule has 88 valence electrons. The van der Waals surface area contributed by atoms with Crippen molar-refractivity contribution in [2.45, 2.75) is 40.0 Å². The SMILES string of the molecule is CC(C)C[C@@]1(C)CC(=O)N(CCC#N)C1=O. The Morgan fingerprint density at radius 1 is 1.50 bits per heavy atom. The van der Waals surface area contributed by atoms with E-state index in [9.17, 15) is 9.59 Å². The summed E-state index contributed by atoms with van der Waals surface area (Å²) < 4.78 is 0. The summed E-state index contributed by atoms with van der Waals surface area (Å²) in [7, 11) is 0. The van der Waals surface area contributed by atoms with E-state index in [1.165, 1.54) is 4.90 Å². The first-order chi connectivity index (χ1) is 7.40. The molecule has 0 N–H and O–H groups in total. The van der Waals surface area contributed by atoms with Gasteiger partial charge in [0, 0.05) is 13.0 Å². The van der Waals surface area contributed by atoms with E-state index in [4.69, 9.17) is 5.26 Å². The number of carbonyl (C=O) groups is 2. The highest BCUT2D eigenvalue weighted by molar-refractivity contribution is 6.05. The number of likely N-dealkylation sites (tertiary alicyclic amines) is 1. The van der Waals surface area contributed by atoms with Gasteiger partial charge >= 0.3 is 0 Å². The predicted octanol–water partition coefficient (Wildman–Crippen LogP) is 1.71. The summed E-state index contributed by atoms with van der Waals surface area (Å²) in [5.41, 5.74) is -0.555. The zero-order chi connectivity index (χ0) is 12.3. The number of nitrogens with zero attached hydrogens (tertiary/aromatic N) is 2. The zero-order valence-electron chi connectivity index (χ0n) is 10.1. The fraction of sp³-hybridized carbons (Fsp3) is 0.750. The molecule has 1 fully saturated rings. The van der Waals surface area contributed by atoms with E-state index < -0.39 is 5.41 Å². The first-order valence-corrected chi connectivity index (χ1v) is 5.62. The molecular weight excluding hydrogens is 204 g/mol. The number of hydrogen-bond donors (Lipinski definition) is 0. The number of hydrogen-bond acceptors (Lipinski definition) is 3. The van der Waals surface area contributed by atoms with Crippen molar-refractivity contribution in [2.75, 3.05) is 6.54 Å². The second-order valence-electron chi connectivity index (χ2n) is 5.09. The Bertz CT molecular complexity index is 343. The molecule has 16 heavy (non-hydrogen) atoms. The van der Waals surface area contributed by atoms with Crippen molar-refractivity contribution in [3.8, 4) is 6.07 Å². The highest BCUT2D eigenvalue weighted by Gasteiger charge is 2.47. The maximum Gasteiger partial charge on any atom is 0.235 e. The molecule has 0 saturated carbocycles. The number of imide groups is 1. The van der Waals surface area contributed by atoms with Gasteiger partial charge in [-0.25, -0.2) is 0 Å². The van der Waals surface area contributed by atoms with E-state index in [1.807, 2.05) is 26.8 Å². The molecule has 1 aliphatic rings. The van der Waals surface area contributed by atoms with Gasteiger partial charge in [-0.1, -0.05) is 20.8 Å². The molecule has 0 aromatic rings. The van der Waals surface area contributed by atoms with Crippen molar-refractivity contribution in [3.05, 3.63) is 0 Å². The van der Waals surface area contributed by atoms with E-state index >= 15 is 0 Å². The van der Waals surface area contributed by atoms with Crippen molar-refractivity contribution in [1.29, 1.82) is 5.26 Å². The van der Waals surface area contributed by atoms with Crippen molar-refractivity contribution in [3.63, 3.8) is 0 Å². The zero-order valence-corrected chi connectivity index (χ0v) is 10.1. The van der Waals surface area contributed by atoms with Gasteiger partial charge < -0.3 is 0 Å². The van der Waals surface area contributed by atoms with E-state index in [1.54, 1.807) is 0 Å². The van der Waals surface area contributed by atoms with Crippen molar-refractivity contribution in [2.24, 2.45) is 11.3 Å². The second kappa shape index (κ2) is 4.65. The van der Waals surface area contributed by atoms with Crippen molar-refractivity contribution in [1.82, 2.24) is 4.90 Å². The Morgan fingerprint density at radius 3 is 2.62 bits per heavy atom. The molecule has 4 nitrogen and oxygen atoms in total. The summed E-state index contributed by atoms with van der Waals surface area (Å²) >= 11 is 0. The van der Waals surface area contributed by atoms with Crippen molar-refractivity contribution < 1.29 is 9.59 Å². The van der Waals surface area contributed by atoms with Crippen LogP contribution in [0.5, 0.6) is 0 Å². The third kappa shape index (κ3) is 2.41. The van der Waals surface area contributed by atoms with Crippen LogP contribution in [0, 0.1) is 22.7 Å². The molecule has 0 bridgehead atoms. The Hall–Kier alpha value is -1.37. The Kier molecular flexibility index (Phi) is 3.69. The van der Waals surface area contributed by atoms with Crippen LogP contribution < -0.4 is 0 Å². The molecular formula is C12H18N2O2. The smallest absolute Gasteiger partial charge is 0.235 e. The lowest BCUT2D eigenvalue weighted by Crippen LogP contribution is -2.35. The lowest BCUT2D eigenvalue weighted by atomic mass is 9.80. The highest BCUT2D eigenvalue weighted by atomic mass is 16.2. The van der Waals surface area contributed by atoms with E-state index in [0.717, 1.165) is 6.42 Å². The molecule has 2 amide bonds. The van der Waals surface area contributed by atoms with Crippen LogP contribution in [-0.4, -0.2) is 23.3 Å². The van der Waals surface area contributed by atoms with Gasteiger partial charge in [0.15, 0.2) is 0 Å². The molecule has 0 aromatic carbocycles. The topological polar surface area (TPSA) is 61.2 Å². The van der Waals surface area contributed by atoms with Gasteiger partial charge in [-0.3, -0.25) is 14.5 Å². The fourth-order valence-electron chi connectivity index (χ4n) is 2.39. The van der Waals surface area contributed by atoms with Gasteiger partial charge in [-0.2, -0.15) is 5.26 Å². The molecule has 1 aliphatic heterocycles. The average Bonchev–Trinajstić information content (AvgIpc) is 2.35. The maximum atomic E-state index is 12.1. The summed E-state index contributed by atoms with van der Waals surface area (Å²) in [6, 6.07) is 1.96. The van der Waals surface area contributed by atoms with E-state index in [2.05, 4.69) is 0 Å². The molecule has 0 radical (unpaired) electrons. The Morgan fingerprint density at radius 2 is 2.12 bits per heavy atom. The van der Waals surface area contributed by atoms with Crippen LogP contribution in [0.15, 0.2) is 0 Å². The molecule has 4 heteroatoms. The highest BCUT2D eigenvalue weighted by Crippen LogP contribution is 2.38. The molecule has 0 unspecified atom stereocenters. The van der Waals surface area contributed by atoms with Crippen LogP contribution in [0.25, 0.3) is 0 Å². The monoisotopic (exact) mass is 222 g/mol. The first-order valence-electron chi connectivity index (χ1n) is 5.62. The van der Waals surface area contributed by atoms with Crippen LogP contribution in [0.2, 0.25) is 0 Å². The summed E-state index contributed by atoms with van der Waals surface area (Å²) in [4.78, 5) is 25.0. The van der Waals surface area contributed by atoms with Crippen LogP contribution in [0.1, 0.15) is 40.0 Å². The minimum absolute atomic E-state index is 0.110. The lowest BCUT2D eigenvalue weighted by Gasteiger charge is -2.23. The quantitative estimate of drug-likeness (QED) is 0.680. The average molecular weight is 222 g/mol. The van der Waals surface area contributed by atoms with Crippen LogP contribution in [-0.2, 0) is 9.59 Å². The standard InChI is InChI=1S/C12H18N2O2/c1-9(2)7-12(3)8-10(15)14(11(12)16)6-4-5-13/h9H,4,6-8H2,1-3H3/t12-/m0/s1. The normalized spacial score (nSPS) is 25.3. The van der Waals surface area contributed by atoms with Gasteiger partial charge in [0.2, 0.25) is 11.8 Å². The Labute approximate surface area is 96.2 Å². The maximum absolute atomic E-state index is 12.1. The van der Waals surface area contributed by atoms with Gasteiger partial charge in [0.05, 0.1) is 17.9 Å². The first kappa shape index (κ1) is 12.7. The molecule has 0 aromatic heterocycles. The Balaban J connectivity index is 2.77. The summed E-state index contributed by atoms with van der Waals surface area (Å²) in [6.45, 7) is 6.17. The molecule has 1 heterocycles. The molecule has 1 rings (SSSR count). The minimum Gasteiger partial charge on any atom is -0.281 e. The van der Waals surface area contributed by atoms with Gasteiger partial charge in [-0.15, -0.1) is 0 Å². The molecule has 0 spiro atoms. The van der Waals surface area contributed by atoms with Gasteiger partial charge in [0.1, 0.15) is 0 Å². The summed E-state index contributed by atoms with van der Waals surface area (Å²) in [5, 5.41) is 8.48. The summed E-state index contributed by atoms with van der Waals surface area (Å²) in [6.07, 6.45) is 1.23. The third-order valence-electron chi connectivity index (χ3n) is 2.91. The van der Waals surface area contributed by atoms with Crippen LogP contribution in [0.3, 0.4) is 0 Å². The number of amides is 2. The fourth-order valence-corrected chi connectivity index (χ4v) is 2.39. The summed E-state index contributed by atoms with van der Waals surface area (Å²) in [5.74, 6) is 0.141. The molecule has 1 atom stereocenters. The second-order valence-corrected chi connectivity index (χ2v) is 5.09. The lowest BCUT2D eigenvalue weighted by molar-refractivity contribution is -0.141. The number of nitriles is 1. The third-order valence-corrected chi connectivity index (χ3v) is 2.91.